The van der Waals surface area contributed by atoms with Gasteiger partial charge in [0.05, 0.1) is 44.7 Å². The van der Waals surface area contributed by atoms with Gasteiger partial charge in [0.25, 0.3) is 0 Å². The van der Waals surface area contributed by atoms with Crippen molar-refractivity contribution in [2.24, 2.45) is 5.11 Å². The number of benzene rings is 3. The van der Waals surface area contributed by atoms with Crippen molar-refractivity contribution < 1.29 is 18.9 Å². The summed E-state index contributed by atoms with van der Waals surface area (Å²) in [5, 5.41) is 4.04. The second-order valence-corrected chi connectivity index (χ2v) is 8.60. The van der Waals surface area contributed by atoms with Crippen molar-refractivity contribution in [1.82, 2.24) is 0 Å². The third-order valence-electron chi connectivity index (χ3n) is 6.05. The van der Waals surface area contributed by atoms with Crippen LogP contribution in [0.25, 0.3) is 10.4 Å². The molecule has 0 spiro atoms. The van der Waals surface area contributed by atoms with Gasteiger partial charge in [-0.3, -0.25) is 0 Å². The maximum absolute atomic E-state index is 9.25. The lowest BCUT2D eigenvalue weighted by atomic mass is 9.93. The molecule has 0 bridgehead atoms. The number of rotatable bonds is 11. The van der Waals surface area contributed by atoms with E-state index in [0.717, 1.165) is 16.7 Å². The molecule has 1 aliphatic heterocycles. The van der Waals surface area contributed by atoms with E-state index < -0.39 is 18.2 Å². The van der Waals surface area contributed by atoms with Gasteiger partial charge in [-0.15, -0.1) is 0 Å². The van der Waals surface area contributed by atoms with Gasteiger partial charge >= 0.3 is 0 Å². The van der Waals surface area contributed by atoms with Crippen LogP contribution in [0.4, 0.5) is 0 Å². The fourth-order valence-corrected chi connectivity index (χ4v) is 4.26. The summed E-state index contributed by atoms with van der Waals surface area (Å²) < 4.78 is 25.1. The first-order chi connectivity index (χ1) is 17.2. The molecule has 0 radical (unpaired) electrons. The van der Waals surface area contributed by atoms with Crippen molar-refractivity contribution in [3.63, 3.8) is 0 Å². The first-order valence-corrected chi connectivity index (χ1v) is 11.9. The Kier molecular flexibility index (Phi) is 9.29. The summed E-state index contributed by atoms with van der Waals surface area (Å²) in [5.74, 6) is 0. The Morgan fingerprint density at radius 2 is 1.23 bits per heavy atom. The summed E-state index contributed by atoms with van der Waals surface area (Å²) in [4.78, 5) is 3.07. The molecule has 4 rings (SSSR count). The number of nitrogens with zero attached hydrogens (tertiary/aromatic N) is 3. The number of azide groups is 1. The zero-order valence-electron chi connectivity index (χ0n) is 19.9. The van der Waals surface area contributed by atoms with Crippen LogP contribution in [0.1, 0.15) is 23.6 Å². The molecule has 1 saturated heterocycles. The summed E-state index contributed by atoms with van der Waals surface area (Å²) in [5.41, 5.74) is 12.4. The molecule has 3 aromatic rings. The molecule has 0 amide bonds. The molecular weight excluding hydrogens is 442 g/mol. The van der Waals surface area contributed by atoms with Gasteiger partial charge in [0, 0.05) is 4.91 Å². The zero-order valence-corrected chi connectivity index (χ0v) is 19.9. The lowest BCUT2D eigenvalue weighted by molar-refractivity contribution is -0.224. The topological polar surface area (TPSA) is 85.7 Å². The third-order valence-corrected chi connectivity index (χ3v) is 6.05. The van der Waals surface area contributed by atoms with Gasteiger partial charge in [0.1, 0.15) is 12.2 Å². The molecule has 0 aliphatic carbocycles. The van der Waals surface area contributed by atoms with E-state index in [2.05, 4.69) is 10.0 Å². The van der Waals surface area contributed by atoms with Crippen LogP contribution in [0.3, 0.4) is 0 Å². The van der Waals surface area contributed by atoms with E-state index in [-0.39, 0.29) is 12.2 Å². The van der Waals surface area contributed by atoms with Crippen LogP contribution in [0.15, 0.2) is 96.1 Å². The first-order valence-electron chi connectivity index (χ1n) is 11.9. The monoisotopic (exact) mass is 473 g/mol. The van der Waals surface area contributed by atoms with Gasteiger partial charge in [0.15, 0.2) is 0 Å². The van der Waals surface area contributed by atoms with Gasteiger partial charge < -0.3 is 18.9 Å². The highest BCUT2D eigenvalue weighted by Crippen LogP contribution is 2.30. The minimum Gasteiger partial charge on any atom is -0.374 e. The quantitative estimate of drug-likeness (QED) is 0.199. The highest BCUT2D eigenvalue weighted by Gasteiger charge is 2.45. The van der Waals surface area contributed by atoms with Crippen molar-refractivity contribution >= 4 is 0 Å². The van der Waals surface area contributed by atoms with E-state index in [0.29, 0.717) is 26.4 Å². The average Bonchev–Trinajstić information content (AvgIpc) is 2.90. The van der Waals surface area contributed by atoms with E-state index in [1.54, 1.807) is 0 Å². The van der Waals surface area contributed by atoms with Gasteiger partial charge in [-0.1, -0.05) is 96.1 Å². The normalized spacial score (nSPS) is 24.0. The Morgan fingerprint density at radius 3 is 1.74 bits per heavy atom. The minimum absolute atomic E-state index is 0.326. The van der Waals surface area contributed by atoms with Crippen LogP contribution in [-0.4, -0.2) is 37.1 Å². The lowest BCUT2D eigenvalue weighted by Gasteiger charge is -2.44. The van der Waals surface area contributed by atoms with Crippen molar-refractivity contribution in [2.75, 3.05) is 6.61 Å². The maximum Gasteiger partial charge on any atom is 0.113 e. The van der Waals surface area contributed by atoms with E-state index >= 15 is 0 Å². The van der Waals surface area contributed by atoms with E-state index in [1.165, 1.54) is 0 Å². The summed E-state index contributed by atoms with van der Waals surface area (Å²) >= 11 is 0. The molecule has 1 aliphatic rings. The lowest BCUT2D eigenvalue weighted by Crippen LogP contribution is -2.59. The van der Waals surface area contributed by atoms with Crippen LogP contribution >= 0.6 is 0 Å². The van der Waals surface area contributed by atoms with Crippen LogP contribution < -0.4 is 0 Å². The van der Waals surface area contributed by atoms with Crippen molar-refractivity contribution in [1.29, 1.82) is 0 Å². The van der Waals surface area contributed by atoms with E-state index in [1.807, 2.05) is 97.9 Å². The summed E-state index contributed by atoms with van der Waals surface area (Å²) in [7, 11) is 0. The molecule has 7 nitrogen and oxygen atoms in total. The maximum atomic E-state index is 9.25. The number of ether oxygens (including phenoxy) is 4. The van der Waals surface area contributed by atoms with Crippen molar-refractivity contribution in [3.05, 3.63) is 118 Å². The first kappa shape index (κ1) is 24.9. The fourth-order valence-electron chi connectivity index (χ4n) is 4.26. The van der Waals surface area contributed by atoms with Crippen LogP contribution in [0.2, 0.25) is 0 Å². The van der Waals surface area contributed by atoms with Crippen LogP contribution in [0.5, 0.6) is 0 Å². The molecule has 1 fully saturated rings. The second-order valence-electron chi connectivity index (χ2n) is 8.60. The predicted octanol–water partition coefficient (Wildman–Crippen LogP) is 5.84. The predicted molar refractivity (Wildman–Crippen MR) is 133 cm³/mol. The molecule has 1 heterocycles. The van der Waals surface area contributed by atoms with E-state index in [4.69, 9.17) is 18.9 Å². The largest absolute Gasteiger partial charge is 0.374 e. The Hall–Kier alpha value is -3.19. The SMILES string of the molecule is C[C@@H]1O[C@H](COCc2ccccc2)[C@@H](OCc2ccccc2)[C@H](OCc2ccccc2)[C@H]1N=[N+]=[N-]. The van der Waals surface area contributed by atoms with E-state index in [9.17, 15) is 5.53 Å². The molecule has 7 heteroatoms. The van der Waals surface area contributed by atoms with Gasteiger partial charge in [-0.25, -0.2) is 0 Å². The third kappa shape index (κ3) is 7.15. The Bertz CT molecular complexity index is 1060. The molecule has 3 aromatic carbocycles. The molecule has 5 atom stereocenters. The highest BCUT2D eigenvalue weighted by molar-refractivity contribution is 5.15. The molecule has 0 aromatic heterocycles. The molecule has 0 saturated carbocycles. The van der Waals surface area contributed by atoms with Crippen LogP contribution in [-0.2, 0) is 38.8 Å². The smallest absolute Gasteiger partial charge is 0.113 e. The number of hydrogen-bond donors (Lipinski definition) is 0. The Morgan fingerprint density at radius 1 is 0.743 bits per heavy atom. The summed E-state index contributed by atoms with van der Waals surface area (Å²) in [6, 6.07) is 29.3. The summed E-state index contributed by atoms with van der Waals surface area (Å²) in [6.07, 6.45) is -1.72. The van der Waals surface area contributed by atoms with Crippen molar-refractivity contribution in [2.45, 2.75) is 57.2 Å². The second kappa shape index (κ2) is 13.0. The number of hydrogen-bond acceptors (Lipinski definition) is 5. The molecule has 0 N–H and O–H groups in total. The Balaban J connectivity index is 1.52. The molecule has 182 valence electrons. The van der Waals surface area contributed by atoms with Gasteiger partial charge in [0.2, 0.25) is 0 Å². The fraction of sp³-hybridized carbons (Fsp3) is 0.357. The minimum atomic E-state index is -0.533. The average molecular weight is 474 g/mol. The zero-order chi connectivity index (χ0) is 24.3. The van der Waals surface area contributed by atoms with Crippen molar-refractivity contribution in [3.8, 4) is 0 Å². The standard InChI is InChI=1S/C28H31N3O4/c1-21-26(30-31-29)28(34-19-24-15-9-4-10-16-24)27(33-18-23-13-7-3-8-14-23)25(35-21)20-32-17-22-11-5-2-6-12-22/h2-16,21,25-28H,17-20H2,1H3/t21-,25+,26-,27+,28+/m0/s1. The molecule has 35 heavy (non-hydrogen) atoms. The Labute approximate surface area is 206 Å². The molecular formula is C28H31N3O4. The highest BCUT2D eigenvalue weighted by atomic mass is 16.6. The molecule has 0 unspecified atom stereocenters. The van der Waals surface area contributed by atoms with Gasteiger partial charge in [-0.2, -0.15) is 0 Å². The summed E-state index contributed by atoms with van der Waals surface area (Å²) in [6.45, 7) is 3.45. The van der Waals surface area contributed by atoms with Gasteiger partial charge in [-0.05, 0) is 29.1 Å². The van der Waals surface area contributed by atoms with Crippen LogP contribution in [0, 0.1) is 0 Å².